The number of hydrogen-bond acceptors (Lipinski definition) is 5. The Morgan fingerprint density at radius 1 is 0.870 bits per heavy atom. The van der Waals surface area contributed by atoms with Crippen molar-refractivity contribution in [3.05, 3.63) is 36.4 Å². The van der Waals surface area contributed by atoms with E-state index in [4.69, 9.17) is 19.9 Å². The van der Waals surface area contributed by atoms with Crippen LogP contribution < -0.4 is 30.6 Å². The van der Waals surface area contributed by atoms with Crippen molar-refractivity contribution in [2.75, 3.05) is 37.7 Å². The van der Waals surface area contributed by atoms with Gasteiger partial charge in [-0.05, 0) is 24.3 Å². The highest BCUT2D eigenvalue weighted by Crippen LogP contribution is 2.39. The van der Waals surface area contributed by atoms with E-state index in [1.165, 1.54) is 21.3 Å². The third-order valence-electron chi connectivity index (χ3n) is 3.09. The van der Waals surface area contributed by atoms with Gasteiger partial charge in [0.1, 0.15) is 0 Å². The van der Waals surface area contributed by atoms with Gasteiger partial charge in [0.2, 0.25) is 5.75 Å². The monoisotopic (exact) mass is 317 g/mol. The molecule has 2 amide bonds. The molecule has 2 aromatic carbocycles. The lowest BCUT2D eigenvalue weighted by Crippen LogP contribution is -2.19. The number of methoxy groups -OCH3 is 3. The molecule has 7 heteroatoms. The molecule has 0 saturated heterocycles. The Kier molecular flexibility index (Phi) is 5.14. The predicted octanol–water partition coefficient (Wildman–Crippen LogP) is 2.94. The van der Waals surface area contributed by atoms with Crippen molar-refractivity contribution in [2.24, 2.45) is 0 Å². The van der Waals surface area contributed by atoms with E-state index in [0.717, 1.165) is 0 Å². The summed E-state index contributed by atoms with van der Waals surface area (Å²) in [5, 5.41) is 5.41. The number of anilines is 3. The van der Waals surface area contributed by atoms with Crippen LogP contribution in [0.2, 0.25) is 0 Å². The Balaban J connectivity index is 2.15. The summed E-state index contributed by atoms with van der Waals surface area (Å²) in [5.74, 6) is 1.36. The zero-order chi connectivity index (χ0) is 16.8. The van der Waals surface area contributed by atoms with E-state index in [1.54, 1.807) is 36.4 Å². The second-order valence-electron chi connectivity index (χ2n) is 4.62. The molecule has 0 unspecified atom stereocenters. The second kappa shape index (κ2) is 7.26. The fraction of sp³-hybridized carbons (Fsp3) is 0.188. The molecule has 0 bridgehead atoms. The van der Waals surface area contributed by atoms with Crippen LogP contribution in [0.15, 0.2) is 36.4 Å². The predicted molar refractivity (Wildman–Crippen MR) is 89.6 cm³/mol. The van der Waals surface area contributed by atoms with Gasteiger partial charge in [0.25, 0.3) is 0 Å². The quantitative estimate of drug-likeness (QED) is 0.737. The summed E-state index contributed by atoms with van der Waals surface area (Å²) < 4.78 is 15.7. The average molecular weight is 317 g/mol. The Labute approximate surface area is 134 Å². The van der Waals surface area contributed by atoms with E-state index >= 15 is 0 Å². The second-order valence-corrected chi connectivity index (χ2v) is 4.62. The average Bonchev–Trinajstić information content (AvgIpc) is 2.55. The molecule has 0 aliphatic heterocycles. The van der Waals surface area contributed by atoms with Gasteiger partial charge >= 0.3 is 6.03 Å². The first-order valence-electron chi connectivity index (χ1n) is 6.81. The van der Waals surface area contributed by atoms with Crippen LogP contribution in [-0.2, 0) is 0 Å². The number of carbonyl (C=O) groups excluding carboxylic acids is 1. The summed E-state index contributed by atoms with van der Waals surface area (Å²) in [6.45, 7) is 0. The van der Waals surface area contributed by atoms with E-state index in [1.807, 2.05) is 0 Å². The molecule has 0 spiro atoms. The lowest BCUT2D eigenvalue weighted by Gasteiger charge is -2.15. The number of rotatable bonds is 5. The maximum atomic E-state index is 12.1. The highest BCUT2D eigenvalue weighted by atomic mass is 16.5. The zero-order valence-corrected chi connectivity index (χ0v) is 13.2. The molecular formula is C16H19N3O4. The molecule has 0 saturated carbocycles. The first-order chi connectivity index (χ1) is 11.1. The number of nitrogens with one attached hydrogen (secondary N) is 2. The summed E-state index contributed by atoms with van der Waals surface area (Å²) in [6, 6.07) is 9.72. The SMILES string of the molecule is COc1cc(NC(=O)Nc2ccc(N)cc2)cc(OC)c1OC. The van der Waals surface area contributed by atoms with Gasteiger partial charge in [-0.1, -0.05) is 0 Å². The van der Waals surface area contributed by atoms with Gasteiger partial charge in [0.05, 0.1) is 27.0 Å². The van der Waals surface area contributed by atoms with Crippen LogP contribution in [0.4, 0.5) is 21.9 Å². The van der Waals surface area contributed by atoms with Crippen LogP contribution in [0, 0.1) is 0 Å². The molecule has 7 nitrogen and oxygen atoms in total. The highest BCUT2D eigenvalue weighted by molar-refractivity contribution is 6.00. The Morgan fingerprint density at radius 3 is 1.87 bits per heavy atom. The number of nitrogen functional groups attached to an aromatic ring is 1. The van der Waals surface area contributed by atoms with Gasteiger partial charge < -0.3 is 30.6 Å². The molecule has 0 aromatic heterocycles. The molecule has 0 aliphatic rings. The zero-order valence-electron chi connectivity index (χ0n) is 13.2. The largest absolute Gasteiger partial charge is 0.493 e. The molecule has 2 rings (SSSR count). The number of benzene rings is 2. The maximum absolute atomic E-state index is 12.1. The van der Waals surface area contributed by atoms with Crippen LogP contribution in [0.25, 0.3) is 0 Å². The molecule has 4 N–H and O–H groups in total. The molecule has 0 fully saturated rings. The van der Waals surface area contributed by atoms with Crippen molar-refractivity contribution in [3.8, 4) is 17.2 Å². The molecular weight excluding hydrogens is 298 g/mol. The molecule has 0 heterocycles. The van der Waals surface area contributed by atoms with Gasteiger partial charge in [-0.3, -0.25) is 0 Å². The third kappa shape index (κ3) is 3.97. The summed E-state index contributed by atoms with van der Waals surface area (Å²) in [4.78, 5) is 12.1. The normalized spacial score (nSPS) is 9.87. The van der Waals surface area contributed by atoms with E-state index < -0.39 is 6.03 Å². The van der Waals surface area contributed by atoms with E-state index in [0.29, 0.717) is 34.3 Å². The molecule has 23 heavy (non-hydrogen) atoms. The third-order valence-corrected chi connectivity index (χ3v) is 3.09. The summed E-state index contributed by atoms with van der Waals surface area (Å²) in [7, 11) is 4.53. The van der Waals surface area contributed by atoms with E-state index in [2.05, 4.69) is 10.6 Å². The first kappa shape index (κ1) is 16.3. The fourth-order valence-electron chi connectivity index (χ4n) is 2.01. The number of nitrogens with two attached hydrogens (primary N) is 1. The Bertz CT molecular complexity index is 661. The fourth-order valence-corrected chi connectivity index (χ4v) is 2.01. The van der Waals surface area contributed by atoms with Crippen LogP contribution >= 0.6 is 0 Å². The van der Waals surface area contributed by atoms with Crippen LogP contribution in [0.1, 0.15) is 0 Å². The summed E-state index contributed by atoms with van der Waals surface area (Å²) in [6.07, 6.45) is 0. The van der Waals surface area contributed by atoms with Crippen LogP contribution in [0.3, 0.4) is 0 Å². The van der Waals surface area contributed by atoms with E-state index in [9.17, 15) is 4.79 Å². The lowest BCUT2D eigenvalue weighted by molar-refractivity contribution is 0.262. The van der Waals surface area contributed by atoms with Crippen molar-refractivity contribution in [1.29, 1.82) is 0 Å². The van der Waals surface area contributed by atoms with Gasteiger partial charge in [-0.2, -0.15) is 0 Å². The Morgan fingerprint density at radius 2 is 1.39 bits per heavy atom. The van der Waals surface area contributed by atoms with Gasteiger partial charge in [-0.15, -0.1) is 0 Å². The first-order valence-corrected chi connectivity index (χ1v) is 6.81. The molecule has 0 aliphatic carbocycles. The minimum Gasteiger partial charge on any atom is -0.493 e. The topological polar surface area (TPSA) is 94.8 Å². The maximum Gasteiger partial charge on any atom is 0.323 e. The standard InChI is InChI=1S/C16H19N3O4/c1-21-13-8-12(9-14(22-2)15(13)23-3)19-16(20)18-11-6-4-10(17)5-7-11/h4-9H,17H2,1-3H3,(H2,18,19,20). The molecule has 0 radical (unpaired) electrons. The smallest absolute Gasteiger partial charge is 0.323 e. The highest BCUT2D eigenvalue weighted by Gasteiger charge is 2.14. The van der Waals surface area contributed by atoms with Crippen molar-refractivity contribution in [3.63, 3.8) is 0 Å². The summed E-state index contributed by atoms with van der Waals surface area (Å²) >= 11 is 0. The van der Waals surface area contributed by atoms with Crippen LogP contribution in [-0.4, -0.2) is 27.4 Å². The van der Waals surface area contributed by atoms with Crippen molar-refractivity contribution in [2.45, 2.75) is 0 Å². The lowest BCUT2D eigenvalue weighted by atomic mass is 10.2. The van der Waals surface area contributed by atoms with Gasteiger partial charge in [-0.25, -0.2) is 4.79 Å². The minimum atomic E-state index is -0.399. The molecule has 2 aromatic rings. The van der Waals surface area contributed by atoms with Crippen molar-refractivity contribution >= 4 is 23.1 Å². The number of hydrogen-bond donors (Lipinski definition) is 3. The number of carbonyl (C=O) groups is 1. The van der Waals surface area contributed by atoms with Crippen LogP contribution in [0.5, 0.6) is 17.2 Å². The number of amides is 2. The molecule has 122 valence electrons. The Hall–Kier alpha value is -3.09. The van der Waals surface area contributed by atoms with E-state index in [-0.39, 0.29) is 0 Å². The van der Waals surface area contributed by atoms with Gasteiger partial charge in [0.15, 0.2) is 11.5 Å². The minimum absolute atomic E-state index is 0.399. The number of ether oxygens (including phenoxy) is 3. The summed E-state index contributed by atoms with van der Waals surface area (Å²) in [5.41, 5.74) is 7.37. The number of urea groups is 1. The van der Waals surface area contributed by atoms with Crippen molar-refractivity contribution < 1.29 is 19.0 Å². The van der Waals surface area contributed by atoms with Gasteiger partial charge in [0, 0.05) is 23.5 Å². The van der Waals surface area contributed by atoms with Crippen molar-refractivity contribution in [1.82, 2.24) is 0 Å². The molecule has 0 atom stereocenters.